The van der Waals surface area contributed by atoms with Gasteiger partial charge in [0.25, 0.3) is 0 Å². The number of carbonyl (C=O) groups is 3. The minimum Gasteiger partial charge on any atom is -0.465 e. The number of hydrogen-bond donors (Lipinski definition) is 3. The lowest BCUT2D eigenvalue weighted by Gasteiger charge is -2.33. The molecule has 33 heavy (non-hydrogen) atoms. The lowest BCUT2D eigenvalue weighted by molar-refractivity contribution is 0.0487. The van der Waals surface area contributed by atoms with Gasteiger partial charge in [-0.25, -0.2) is 19.6 Å². The summed E-state index contributed by atoms with van der Waals surface area (Å²) in [6.07, 6.45) is 5.95. The van der Waals surface area contributed by atoms with Crippen LogP contribution in [0.15, 0.2) is 11.2 Å². The Balaban J connectivity index is 2.41. The zero-order valence-electron chi connectivity index (χ0n) is 19.7. The van der Waals surface area contributed by atoms with Gasteiger partial charge in [0.1, 0.15) is 16.9 Å². The second-order valence-corrected chi connectivity index (χ2v) is 8.56. The van der Waals surface area contributed by atoms with Crippen molar-refractivity contribution < 1.29 is 23.9 Å². The van der Waals surface area contributed by atoms with Crippen LogP contribution in [0, 0.1) is 0 Å². The van der Waals surface area contributed by atoms with Crippen molar-refractivity contribution in [1.82, 2.24) is 15.3 Å². The minimum absolute atomic E-state index is 0.110. The van der Waals surface area contributed by atoms with Gasteiger partial charge in [-0.1, -0.05) is 12.8 Å². The van der Waals surface area contributed by atoms with Gasteiger partial charge in [-0.2, -0.15) is 0 Å². The molecular weight excluding hydrogens is 428 g/mol. The summed E-state index contributed by atoms with van der Waals surface area (Å²) in [5.74, 6) is -0.656. The number of hydrogen-bond acceptors (Lipinski definition) is 10. The monoisotopic (exact) mass is 460 g/mol. The fourth-order valence-electron chi connectivity index (χ4n) is 3.56. The van der Waals surface area contributed by atoms with Gasteiger partial charge < -0.3 is 25.8 Å². The summed E-state index contributed by atoms with van der Waals surface area (Å²) in [7, 11) is 2.73. The molecule has 0 saturated heterocycles. The molecule has 0 aromatic carbocycles. The van der Waals surface area contributed by atoms with E-state index in [0.717, 1.165) is 25.7 Å². The van der Waals surface area contributed by atoms with Gasteiger partial charge in [-0.05, 0) is 33.6 Å². The van der Waals surface area contributed by atoms with Gasteiger partial charge >= 0.3 is 12.1 Å². The number of nitrogens with one attached hydrogen (secondary N) is 2. The fourth-order valence-corrected chi connectivity index (χ4v) is 3.56. The van der Waals surface area contributed by atoms with Crippen LogP contribution in [0.4, 0.5) is 10.7 Å². The van der Waals surface area contributed by atoms with Crippen molar-refractivity contribution in [2.24, 2.45) is 10.7 Å². The first-order valence-electron chi connectivity index (χ1n) is 10.7. The molecule has 1 heterocycles. The van der Waals surface area contributed by atoms with Crippen LogP contribution in [0.25, 0.3) is 5.57 Å². The highest BCUT2D eigenvalue weighted by atomic mass is 16.6. The number of alkyl carbamates (subject to hydrolysis) is 1. The molecule has 0 spiro atoms. The molecule has 0 radical (unpaired) electrons. The molecule has 180 valence electrons. The van der Waals surface area contributed by atoms with E-state index in [2.05, 4.69) is 25.6 Å². The molecule has 1 aromatic heterocycles. The van der Waals surface area contributed by atoms with Crippen molar-refractivity contribution >= 4 is 36.1 Å². The lowest BCUT2D eigenvalue weighted by atomic mass is 9.90. The summed E-state index contributed by atoms with van der Waals surface area (Å²) >= 11 is 0. The van der Waals surface area contributed by atoms with Crippen LogP contribution >= 0.6 is 0 Å². The number of aliphatic imine (C=N–C) groups is 1. The molecule has 1 aromatic rings. The summed E-state index contributed by atoms with van der Waals surface area (Å²) in [6, 6.07) is -0.449. The summed E-state index contributed by atoms with van der Waals surface area (Å²) in [4.78, 5) is 49.0. The molecule has 1 aliphatic rings. The standard InChI is InChI=1S/C22H32N6O5/c1-22(2,3)33-21(31)27-15-9-7-6-8-14(15)25-20-26-16(12-29)17(19(30)32-5)18(28-20)13(10-23)11-24-4/h10-12,14-15H,6-9,23H2,1-5H3,(H,27,31)(H,25,26,28)/t14-,15+/m1/s1. The van der Waals surface area contributed by atoms with Gasteiger partial charge in [0.15, 0.2) is 6.29 Å². The number of methoxy groups -OCH3 is 1. The van der Waals surface area contributed by atoms with E-state index in [1.54, 1.807) is 20.8 Å². The summed E-state index contributed by atoms with van der Waals surface area (Å²) in [5, 5.41) is 6.11. The largest absolute Gasteiger partial charge is 0.465 e. The number of aromatic nitrogens is 2. The summed E-state index contributed by atoms with van der Waals surface area (Å²) < 4.78 is 10.2. The molecule has 0 aliphatic heterocycles. The van der Waals surface area contributed by atoms with E-state index >= 15 is 0 Å². The number of carbonyl (C=O) groups excluding carboxylic acids is 3. The predicted octanol–water partition coefficient (Wildman–Crippen LogP) is 2.32. The predicted molar refractivity (Wildman–Crippen MR) is 124 cm³/mol. The number of anilines is 1. The highest BCUT2D eigenvalue weighted by molar-refractivity contribution is 6.14. The van der Waals surface area contributed by atoms with Crippen LogP contribution in [0.1, 0.15) is 73.0 Å². The average molecular weight is 461 g/mol. The zero-order chi connectivity index (χ0) is 24.6. The van der Waals surface area contributed by atoms with Crippen molar-refractivity contribution in [3.05, 3.63) is 23.2 Å². The maximum atomic E-state index is 12.4. The second kappa shape index (κ2) is 11.4. The number of nitrogens with zero attached hydrogens (tertiary/aromatic N) is 3. The molecule has 1 fully saturated rings. The Morgan fingerprint density at radius 2 is 1.85 bits per heavy atom. The number of allylic oxidation sites excluding steroid dienone is 1. The Hall–Kier alpha value is -3.50. The maximum Gasteiger partial charge on any atom is 0.407 e. The number of rotatable bonds is 7. The number of nitrogens with two attached hydrogens (primary N) is 1. The number of ether oxygens (including phenoxy) is 2. The molecule has 2 atom stereocenters. The van der Waals surface area contributed by atoms with Crippen molar-refractivity contribution in [3.8, 4) is 0 Å². The SMILES string of the molecule is CN=CC(=CN)c1nc(N[C@@H]2CCCC[C@@H]2NC(=O)OC(C)(C)C)nc(C=O)c1C(=O)OC. The third kappa shape index (κ3) is 6.99. The molecule has 1 amide bonds. The van der Waals surface area contributed by atoms with Crippen molar-refractivity contribution in [3.63, 3.8) is 0 Å². The van der Waals surface area contributed by atoms with E-state index in [1.165, 1.54) is 26.6 Å². The number of aldehydes is 1. The van der Waals surface area contributed by atoms with Gasteiger partial charge in [0, 0.05) is 31.1 Å². The van der Waals surface area contributed by atoms with E-state index in [9.17, 15) is 14.4 Å². The van der Waals surface area contributed by atoms with Crippen LogP contribution in [0.2, 0.25) is 0 Å². The third-order valence-electron chi connectivity index (χ3n) is 4.94. The fraction of sp³-hybridized carbons (Fsp3) is 0.545. The smallest absolute Gasteiger partial charge is 0.407 e. The Kier molecular flexibility index (Phi) is 8.89. The van der Waals surface area contributed by atoms with Gasteiger partial charge in [-0.15, -0.1) is 0 Å². The molecule has 1 saturated carbocycles. The number of amides is 1. The number of esters is 1. The van der Waals surface area contributed by atoms with E-state index < -0.39 is 17.7 Å². The quantitative estimate of drug-likeness (QED) is 0.315. The lowest BCUT2D eigenvalue weighted by Crippen LogP contribution is -2.50. The van der Waals surface area contributed by atoms with E-state index in [-0.39, 0.29) is 35.0 Å². The Bertz CT molecular complexity index is 938. The van der Waals surface area contributed by atoms with Gasteiger partial charge in [0.05, 0.1) is 18.8 Å². The van der Waals surface area contributed by atoms with Crippen molar-refractivity contribution in [1.29, 1.82) is 0 Å². The Morgan fingerprint density at radius 1 is 1.18 bits per heavy atom. The minimum atomic E-state index is -0.773. The Labute approximate surface area is 193 Å². The van der Waals surface area contributed by atoms with Crippen LogP contribution in [0.5, 0.6) is 0 Å². The maximum absolute atomic E-state index is 12.4. The molecule has 11 heteroatoms. The molecular formula is C22H32N6O5. The highest BCUT2D eigenvalue weighted by Crippen LogP contribution is 2.25. The van der Waals surface area contributed by atoms with Crippen LogP contribution in [0.3, 0.4) is 0 Å². The van der Waals surface area contributed by atoms with Gasteiger partial charge in [0.2, 0.25) is 5.95 Å². The van der Waals surface area contributed by atoms with Crippen LogP contribution < -0.4 is 16.4 Å². The normalized spacial score (nSPS) is 19.1. The summed E-state index contributed by atoms with van der Waals surface area (Å²) in [6.45, 7) is 5.39. The average Bonchev–Trinajstić information content (AvgIpc) is 2.76. The third-order valence-corrected chi connectivity index (χ3v) is 4.94. The zero-order valence-corrected chi connectivity index (χ0v) is 19.7. The van der Waals surface area contributed by atoms with E-state index in [0.29, 0.717) is 11.9 Å². The second-order valence-electron chi connectivity index (χ2n) is 8.56. The van der Waals surface area contributed by atoms with Crippen LogP contribution in [-0.2, 0) is 9.47 Å². The molecule has 11 nitrogen and oxygen atoms in total. The topological polar surface area (TPSA) is 158 Å². The highest BCUT2D eigenvalue weighted by Gasteiger charge is 2.30. The first-order valence-corrected chi connectivity index (χ1v) is 10.7. The van der Waals surface area contributed by atoms with Gasteiger partial charge in [-0.3, -0.25) is 9.79 Å². The summed E-state index contributed by atoms with van der Waals surface area (Å²) in [5.41, 5.74) is 5.28. The van der Waals surface area contributed by atoms with Crippen molar-refractivity contribution in [2.45, 2.75) is 64.1 Å². The first kappa shape index (κ1) is 25.8. The molecule has 0 unspecified atom stereocenters. The molecule has 0 bridgehead atoms. The Morgan fingerprint density at radius 3 is 2.39 bits per heavy atom. The van der Waals surface area contributed by atoms with E-state index in [4.69, 9.17) is 15.2 Å². The first-order chi connectivity index (χ1) is 15.6. The van der Waals surface area contributed by atoms with E-state index in [1.807, 2.05) is 0 Å². The molecule has 2 rings (SSSR count). The van der Waals surface area contributed by atoms with Crippen molar-refractivity contribution in [2.75, 3.05) is 19.5 Å². The molecule has 1 aliphatic carbocycles. The van der Waals surface area contributed by atoms with Crippen LogP contribution in [-0.4, -0.2) is 66.4 Å². The molecule has 4 N–H and O–H groups in total.